The van der Waals surface area contributed by atoms with Crippen LogP contribution in [0.25, 0.3) is 0 Å². The zero-order valence-corrected chi connectivity index (χ0v) is 10.2. The Labute approximate surface area is 100.0 Å². The number of hydrogen-bond acceptors (Lipinski definition) is 4. The molecule has 1 fully saturated rings. The standard InChI is InChI=1S/C12H17NO2S/c1-15-8-5-6-9(13)12(7-8)16-11-4-2-3-10(11)14/h5-7,10-11,14H,2-4,13H2,1H3. The summed E-state index contributed by atoms with van der Waals surface area (Å²) < 4.78 is 5.17. The second kappa shape index (κ2) is 4.97. The molecule has 0 heterocycles. The summed E-state index contributed by atoms with van der Waals surface area (Å²) in [6, 6.07) is 5.64. The van der Waals surface area contributed by atoms with Crippen molar-refractivity contribution in [3.8, 4) is 5.75 Å². The molecule has 0 aliphatic heterocycles. The van der Waals surface area contributed by atoms with E-state index in [0.29, 0.717) is 0 Å². The Morgan fingerprint density at radius 2 is 2.25 bits per heavy atom. The minimum absolute atomic E-state index is 0.199. The summed E-state index contributed by atoms with van der Waals surface area (Å²) in [5.74, 6) is 0.809. The number of benzene rings is 1. The maximum absolute atomic E-state index is 9.77. The number of nitrogens with two attached hydrogens (primary N) is 1. The smallest absolute Gasteiger partial charge is 0.120 e. The summed E-state index contributed by atoms with van der Waals surface area (Å²) in [5.41, 5.74) is 6.66. The summed E-state index contributed by atoms with van der Waals surface area (Å²) >= 11 is 1.66. The fraction of sp³-hybridized carbons (Fsp3) is 0.500. The highest BCUT2D eigenvalue weighted by Crippen LogP contribution is 2.38. The first kappa shape index (κ1) is 11.6. The molecule has 88 valence electrons. The van der Waals surface area contributed by atoms with Crippen molar-refractivity contribution in [2.24, 2.45) is 0 Å². The summed E-state index contributed by atoms with van der Waals surface area (Å²) in [5, 5.41) is 10.0. The maximum atomic E-state index is 9.77. The van der Waals surface area contributed by atoms with Crippen LogP contribution in [0.1, 0.15) is 19.3 Å². The topological polar surface area (TPSA) is 55.5 Å². The lowest BCUT2D eigenvalue weighted by atomic mass is 10.3. The van der Waals surface area contributed by atoms with Gasteiger partial charge in [0.1, 0.15) is 5.75 Å². The first-order chi connectivity index (χ1) is 7.70. The number of thioether (sulfide) groups is 1. The van der Waals surface area contributed by atoms with Gasteiger partial charge in [-0.25, -0.2) is 0 Å². The quantitative estimate of drug-likeness (QED) is 0.795. The lowest BCUT2D eigenvalue weighted by Crippen LogP contribution is -2.15. The summed E-state index contributed by atoms with van der Waals surface area (Å²) in [6.07, 6.45) is 2.86. The van der Waals surface area contributed by atoms with E-state index in [9.17, 15) is 5.11 Å². The Hall–Kier alpha value is -0.870. The molecule has 0 amide bonds. The Morgan fingerprint density at radius 1 is 1.44 bits per heavy atom. The van der Waals surface area contributed by atoms with Crippen molar-refractivity contribution in [1.82, 2.24) is 0 Å². The molecular weight excluding hydrogens is 222 g/mol. The summed E-state index contributed by atoms with van der Waals surface area (Å²) in [4.78, 5) is 1.00. The van der Waals surface area contributed by atoms with Gasteiger partial charge < -0.3 is 15.6 Å². The Bertz CT molecular complexity index is 370. The van der Waals surface area contributed by atoms with Crippen LogP contribution in [0.4, 0.5) is 5.69 Å². The molecule has 0 radical (unpaired) electrons. The van der Waals surface area contributed by atoms with Crippen LogP contribution < -0.4 is 10.5 Å². The molecule has 3 N–H and O–H groups in total. The van der Waals surface area contributed by atoms with Crippen LogP contribution in [-0.2, 0) is 0 Å². The Morgan fingerprint density at radius 3 is 2.88 bits per heavy atom. The highest BCUT2D eigenvalue weighted by Gasteiger charge is 2.26. The molecule has 2 unspecified atom stereocenters. The van der Waals surface area contributed by atoms with E-state index in [0.717, 1.165) is 35.6 Å². The van der Waals surface area contributed by atoms with Crippen molar-refractivity contribution in [2.75, 3.05) is 12.8 Å². The average molecular weight is 239 g/mol. The van der Waals surface area contributed by atoms with Crippen LogP contribution in [0.5, 0.6) is 5.75 Å². The van der Waals surface area contributed by atoms with E-state index in [1.807, 2.05) is 18.2 Å². The normalized spacial score (nSPS) is 24.6. The number of rotatable bonds is 3. The third kappa shape index (κ3) is 2.44. The number of hydrogen-bond donors (Lipinski definition) is 2. The molecule has 1 aromatic rings. The minimum atomic E-state index is -0.199. The van der Waals surface area contributed by atoms with E-state index in [2.05, 4.69) is 0 Å². The third-order valence-corrected chi connectivity index (χ3v) is 4.38. The predicted molar refractivity (Wildman–Crippen MR) is 66.9 cm³/mol. The van der Waals surface area contributed by atoms with Gasteiger partial charge >= 0.3 is 0 Å². The first-order valence-corrected chi connectivity index (χ1v) is 6.37. The van der Waals surface area contributed by atoms with Gasteiger partial charge in [-0.3, -0.25) is 0 Å². The molecule has 1 saturated carbocycles. The maximum Gasteiger partial charge on any atom is 0.120 e. The highest BCUT2D eigenvalue weighted by molar-refractivity contribution is 8.00. The second-order valence-electron chi connectivity index (χ2n) is 4.06. The summed E-state index contributed by atoms with van der Waals surface area (Å²) in [7, 11) is 1.64. The summed E-state index contributed by atoms with van der Waals surface area (Å²) in [6.45, 7) is 0. The van der Waals surface area contributed by atoms with Crippen LogP contribution >= 0.6 is 11.8 Å². The Kier molecular flexibility index (Phi) is 3.61. The van der Waals surface area contributed by atoms with E-state index in [-0.39, 0.29) is 11.4 Å². The average Bonchev–Trinajstić information content (AvgIpc) is 2.68. The monoisotopic (exact) mass is 239 g/mol. The van der Waals surface area contributed by atoms with Gasteiger partial charge in [0.25, 0.3) is 0 Å². The van der Waals surface area contributed by atoms with Crippen LogP contribution in [0.2, 0.25) is 0 Å². The van der Waals surface area contributed by atoms with Crippen molar-refractivity contribution in [3.63, 3.8) is 0 Å². The van der Waals surface area contributed by atoms with Gasteiger partial charge in [-0.2, -0.15) is 0 Å². The van der Waals surface area contributed by atoms with Crippen molar-refractivity contribution in [2.45, 2.75) is 35.5 Å². The molecule has 0 spiro atoms. The van der Waals surface area contributed by atoms with Crippen molar-refractivity contribution < 1.29 is 9.84 Å². The van der Waals surface area contributed by atoms with Crippen molar-refractivity contribution >= 4 is 17.4 Å². The van der Waals surface area contributed by atoms with Crippen LogP contribution in [0, 0.1) is 0 Å². The van der Waals surface area contributed by atoms with E-state index in [1.165, 1.54) is 0 Å². The molecule has 1 aliphatic carbocycles. The number of anilines is 1. The van der Waals surface area contributed by atoms with Gasteiger partial charge in [0, 0.05) is 15.8 Å². The number of aliphatic hydroxyl groups excluding tert-OH is 1. The van der Waals surface area contributed by atoms with E-state index < -0.39 is 0 Å². The largest absolute Gasteiger partial charge is 0.497 e. The molecular formula is C12H17NO2S. The van der Waals surface area contributed by atoms with Crippen molar-refractivity contribution in [3.05, 3.63) is 18.2 Å². The van der Waals surface area contributed by atoms with Gasteiger partial charge in [-0.1, -0.05) is 0 Å². The highest BCUT2D eigenvalue weighted by atomic mass is 32.2. The molecule has 0 saturated heterocycles. The number of methoxy groups -OCH3 is 1. The molecule has 2 rings (SSSR count). The molecule has 0 bridgehead atoms. The van der Waals surface area contributed by atoms with Crippen LogP contribution in [-0.4, -0.2) is 23.6 Å². The van der Waals surface area contributed by atoms with Crippen molar-refractivity contribution in [1.29, 1.82) is 0 Å². The first-order valence-electron chi connectivity index (χ1n) is 5.49. The molecule has 0 aromatic heterocycles. The second-order valence-corrected chi connectivity index (χ2v) is 5.34. The number of aliphatic hydroxyl groups is 1. The molecule has 4 heteroatoms. The van der Waals surface area contributed by atoms with Gasteiger partial charge in [-0.05, 0) is 37.5 Å². The van der Waals surface area contributed by atoms with E-state index in [1.54, 1.807) is 18.9 Å². The van der Waals surface area contributed by atoms with E-state index >= 15 is 0 Å². The zero-order chi connectivity index (χ0) is 11.5. The van der Waals surface area contributed by atoms with Gasteiger partial charge in [0.2, 0.25) is 0 Å². The zero-order valence-electron chi connectivity index (χ0n) is 9.35. The fourth-order valence-corrected chi connectivity index (χ4v) is 3.24. The number of ether oxygens (including phenoxy) is 1. The fourth-order valence-electron chi connectivity index (χ4n) is 1.95. The molecule has 2 atom stereocenters. The van der Waals surface area contributed by atoms with Gasteiger partial charge in [0.15, 0.2) is 0 Å². The Balaban J connectivity index is 2.13. The minimum Gasteiger partial charge on any atom is -0.497 e. The molecule has 1 aliphatic rings. The van der Waals surface area contributed by atoms with E-state index in [4.69, 9.17) is 10.5 Å². The molecule has 16 heavy (non-hydrogen) atoms. The molecule has 1 aromatic carbocycles. The van der Waals surface area contributed by atoms with Crippen LogP contribution in [0.15, 0.2) is 23.1 Å². The SMILES string of the molecule is COc1ccc(N)c(SC2CCCC2O)c1. The van der Waals surface area contributed by atoms with Gasteiger partial charge in [0.05, 0.1) is 13.2 Å². The third-order valence-electron chi connectivity index (χ3n) is 2.92. The lowest BCUT2D eigenvalue weighted by Gasteiger charge is -2.15. The van der Waals surface area contributed by atoms with Crippen LogP contribution in [0.3, 0.4) is 0 Å². The van der Waals surface area contributed by atoms with Gasteiger partial charge in [-0.15, -0.1) is 11.8 Å². The number of nitrogen functional groups attached to an aromatic ring is 1. The lowest BCUT2D eigenvalue weighted by molar-refractivity contribution is 0.188. The predicted octanol–water partition coefficient (Wildman–Crippen LogP) is 2.28. The molecule has 3 nitrogen and oxygen atoms in total.